The second-order valence-electron chi connectivity index (χ2n) is 26.1. The summed E-state index contributed by atoms with van der Waals surface area (Å²) in [7, 11) is 1.25. The Labute approximate surface area is 604 Å². The van der Waals surface area contributed by atoms with Crippen molar-refractivity contribution in [2.45, 2.75) is 94.1 Å². The molecule has 7 amide bonds. The van der Waals surface area contributed by atoms with Crippen molar-refractivity contribution in [2.24, 2.45) is 5.73 Å². The second-order valence-corrected chi connectivity index (χ2v) is 26.9. The van der Waals surface area contributed by atoms with E-state index >= 15 is 24.0 Å². The molecule has 7 aliphatic heterocycles. The number of piperazine rings is 1. The van der Waals surface area contributed by atoms with Gasteiger partial charge in [-0.2, -0.15) is 0 Å². The molecule has 0 saturated carbocycles. The summed E-state index contributed by atoms with van der Waals surface area (Å²) in [6.45, 7) is 4.92. The Morgan fingerprint density at radius 2 is 1.12 bits per heavy atom. The van der Waals surface area contributed by atoms with Gasteiger partial charge in [-0.05, 0) is 142 Å². The molecule has 7 aliphatic rings. The zero-order valence-electron chi connectivity index (χ0n) is 55.8. The number of phenols is 6. The predicted octanol–water partition coefficient (Wildman–Crippen LogP) is 7.31. The van der Waals surface area contributed by atoms with E-state index in [2.05, 4.69) is 73.3 Å². The van der Waals surface area contributed by atoms with Gasteiger partial charge in [0.15, 0.2) is 23.0 Å². The fraction of sp³-hybridized carbons (Fsp3) is 0.267. The first-order chi connectivity index (χ1) is 49.9. The Hall–Kier alpha value is -11.3. The number of hydrogen-bond acceptors (Lipinski definition) is 20. The standard InChI is InChI=1S/C75H72Cl2N10O17/c1-3-4-5-35-6-8-36(9-7-35)33-86-18-20-87(21-19-86)34-47-53(91)32-46-59(67(47)93)45-26-39(12-14-51(45)89)61-72(98)85-65(75(101)84-64(46)71(97)79-2)66(92)40-13-17-55(49(77)27-40)104-58-30-42-29-57(68(58)94)103-54-16-10-37(22-48(54)76)23-50-69(95)81-62(73(99)83-63(42)74(100)82-61)41-24-43(88)31-44(25-41)102-56-28-38(11-15-52(56)90)60(78)70(96)80-50/h6-17,22,24-32,50,60-66,88-94H,3-5,18-21,23,33-34,78H2,1-2H3,(H,79,97)(H,80,96)(H,81,95)(H,82,100)(H,83,99)(H,84,101)(H,85,98)/t50-,60-,61-,62+,63-,64+,65+,66-/m1/s1. The lowest BCUT2D eigenvalue weighted by Crippen LogP contribution is -2.55. The molecule has 1 fully saturated rings. The molecule has 15 rings (SSSR count). The summed E-state index contributed by atoms with van der Waals surface area (Å²) >= 11 is 13.9. The zero-order valence-corrected chi connectivity index (χ0v) is 57.3. The molecule has 8 atom stereocenters. The molecule has 0 radical (unpaired) electrons. The highest BCUT2D eigenvalue weighted by Gasteiger charge is 2.42. The number of phenolic OH excluding ortho intramolecular Hbond substituents is 6. The number of fused-ring (bicyclic) bond motifs is 14. The minimum atomic E-state index is -2.17. The lowest BCUT2D eigenvalue weighted by atomic mass is 9.87. The smallest absolute Gasteiger partial charge is 0.248 e. The van der Waals surface area contributed by atoms with E-state index in [0.29, 0.717) is 38.3 Å². The number of ether oxygens (including phenoxy) is 3. The number of benzene rings is 8. The molecule has 104 heavy (non-hydrogen) atoms. The number of aromatic hydroxyl groups is 6. The molecule has 0 spiro atoms. The number of halogens is 2. The fourth-order valence-corrected chi connectivity index (χ4v) is 13.9. The molecular weight excluding hydrogens is 1380 g/mol. The maximum absolute atomic E-state index is 16.1. The molecule has 0 aliphatic carbocycles. The van der Waals surface area contributed by atoms with Gasteiger partial charge in [-0.1, -0.05) is 85.1 Å². The summed E-state index contributed by atoms with van der Waals surface area (Å²) in [6, 6.07) is 17.3. The number of rotatable bonds is 8. The highest BCUT2D eigenvalue weighted by atomic mass is 35.5. The van der Waals surface area contributed by atoms with E-state index in [0.717, 1.165) is 61.2 Å². The molecule has 29 heteroatoms. The maximum Gasteiger partial charge on any atom is 0.248 e. The van der Waals surface area contributed by atoms with Gasteiger partial charge in [0, 0.05) is 69.9 Å². The highest BCUT2D eigenvalue weighted by molar-refractivity contribution is 6.32. The molecule has 538 valence electrons. The number of nitrogens with zero attached hydrogens (tertiary/aromatic N) is 2. The average Bonchev–Trinajstić information content (AvgIpc) is 0.762. The van der Waals surface area contributed by atoms with E-state index in [1.54, 1.807) is 0 Å². The summed E-state index contributed by atoms with van der Waals surface area (Å²) in [5.41, 5.74) is 7.50. The van der Waals surface area contributed by atoms with Crippen LogP contribution in [0.4, 0.5) is 0 Å². The van der Waals surface area contributed by atoms with Crippen molar-refractivity contribution in [2.75, 3.05) is 33.2 Å². The summed E-state index contributed by atoms with van der Waals surface area (Å²) in [5.74, 6) is -13.2. The van der Waals surface area contributed by atoms with Crippen LogP contribution in [0.3, 0.4) is 0 Å². The topological polar surface area (TPSA) is 405 Å². The molecule has 17 bridgehead atoms. The Morgan fingerprint density at radius 1 is 0.538 bits per heavy atom. The van der Waals surface area contributed by atoms with Crippen LogP contribution in [0.2, 0.25) is 10.0 Å². The van der Waals surface area contributed by atoms with Gasteiger partial charge in [0.1, 0.15) is 88.6 Å². The molecular formula is C75H72Cl2N10O17. The number of aliphatic hydroxyl groups excluding tert-OH is 1. The Morgan fingerprint density at radius 3 is 1.79 bits per heavy atom. The highest BCUT2D eigenvalue weighted by Crippen LogP contribution is 2.50. The number of nitrogens with one attached hydrogen (secondary N) is 7. The quantitative estimate of drug-likeness (QED) is 0.0709. The fourth-order valence-electron chi connectivity index (χ4n) is 13.4. The van der Waals surface area contributed by atoms with Crippen molar-refractivity contribution in [3.63, 3.8) is 0 Å². The van der Waals surface area contributed by atoms with Crippen LogP contribution in [0.1, 0.15) is 112 Å². The summed E-state index contributed by atoms with van der Waals surface area (Å²) < 4.78 is 18.7. The van der Waals surface area contributed by atoms with Crippen LogP contribution in [0.15, 0.2) is 133 Å². The van der Waals surface area contributed by atoms with E-state index in [1.165, 1.54) is 85.4 Å². The van der Waals surface area contributed by atoms with Crippen molar-refractivity contribution in [1.82, 2.24) is 47.0 Å². The van der Waals surface area contributed by atoms with E-state index in [4.69, 9.17) is 43.1 Å². The third-order valence-electron chi connectivity index (χ3n) is 19.1. The number of carbonyl (C=O) groups excluding carboxylic acids is 7. The lowest BCUT2D eigenvalue weighted by Gasteiger charge is -2.35. The van der Waals surface area contributed by atoms with Crippen molar-refractivity contribution in [1.29, 1.82) is 0 Å². The molecule has 7 heterocycles. The Bertz CT molecular complexity index is 4790. The van der Waals surface area contributed by atoms with Crippen LogP contribution in [0.5, 0.6) is 69.0 Å². The second kappa shape index (κ2) is 29.6. The molecule has 8 aromatic rings. The molecule has 16 N–H and O–H groups in total. The molecule has 1 saturated heterocycles. The van der Waals surface area contributed by atoms with E-state index in [1.807, 2.05) is 4.90 Å². The summed E-state index contributed by atoms with van der Waals surface area (Å²) in [6.07, 6.45) is 0.747. The normalized spacial score (nSPS) is 21.4. The third kappa shape index (κ3) is 14.7. The SMILES string of the molecule is CCCCc1ccc(CN2CCN(Cc3c(O)cc4c(c3O)-c3cc(ccc3O)[C@H]3NC(=O)[C@@H]5NC(=O)[C@H]6NC(=O)[C@@H](Cc7ccc(c(Cl)c7)Oc7cc5cc(c7O)Oc5ccc(cc5Cl)[C@@H](O)[C@H](NC3=O)C(=O)N[C@@H]4C(=O)NC)NC(=O)[C@H](N)c3ccc(O)c(c3)Oc3cc(O)cc6c3)CC2)cc1. The number of hydrogen-bond donors (Lipinski definition) is 15. The summed E-state index contributed by atoms with van der Waals surface area (Å²) in [5, 5.41) is 102. The van der Waals surface area contributed by atoms with Crippen LogP contribution in [0.25, 0.3) is 11.1 Å². The van der Waals surface area contributed by atoms with Crippen molar-refractivity contribution in [3.8, 4) is 80.1 Å². The van der Waals surface area contributed by atoms with Gasteiger partial charge >= 0.3 is 0 Å². The zero-order chi connectivity index (χ0) is 73.5. The van der Waals surface area contributed by atoms with Crippen molar-refractivity contribution in [3.05, 3.63) is 199 Å². The largest absolute Gasteiger partial charge is 0.508 e. The Balaban J connectivity index is 0.958. The summed E-state index contributed by atoms with van der Waals surface area (Å²) in [4.78, 5) is 111. The van der Waals surface area contributed by atoms with Gasteiger partial charge < -0.3 is 92.9 Å². The number of carbonyl (C=O) groups is 7. The lowest BCUT2D eigenvalue weighted by molar-refractivity contribution is -0.137. The van der Waals surface area contributed by atoms with Crippen molar-refractivity contribution < 1.29 is 83.5 Å². The van der Waals surface area contributed by atoms with Crippen LogP contribution < -0.4 is 57.2 Å². The van der Waals surface area contributed by atoms with E-state index in [-0.39, 0.29) is 96.1 Å². The number of likely N-dealkylation sites (N-methyl/N-ethyl adjacent to an activating group) is 1. The van der Waals surface area contributed by atoms with Crippen LogP contribution >= 0.6 is 23.2 Å². The monoisotopic (exact) mass is 1450 g/mol. The number of nitrogens with two attached hydrogens (primary N) is 1. The van der Waals surface area contributed by atoms with Crippen molar-refractivity contribution >= 4 is 64.6 Å². The molecule has 0 unspecified atom stereocenters. The van der Waals surface area contributed by atoms with Gasteiger partial charge in [-0.25, -0.2) is 0 Å². The van der Waals surface area contributed by atoms with Gasteiger partial charge in [-0.3, -0.25) is 43.4 Å². The minimum Gasteiger partial charge on any atom is -0.508 e. The predicted molar refractivity (Wildman–Crippen MR) is 377 cm³/mol. The average molecular weight is 1460 g/mol. The van der Waals surface area contributed by atoms with E-state index < -0.39 is 136 Å². The van der Waals surface area contributed by atoms with Crippen LogP contribution in [-0.4, -0.2) is 132 Å². The number of unbranched alkanes of at least 4 members (excludes halogenated alkanes) is 1. The van der Waals surface area contributed by atoms with Gasteiger partial charge in [0.2, 0.25) is 47.1 Å². The third-order valence-corrected chi connectivity index (χ3v) is 19.7. The van der Waals surface area contributed by atoms with E-state index in [9.17, 15) is 45.3 Å². The van der Waals surface area contributed by atoms with Gasteiger partial charge in [-0.15, -0.1) is 0 Å². The Kier molecular flexibility index (Phi) is 20.2. The number of amides is 7. The molecule has 0 aromatic heterocycles. The molecule has 27 nitrogen and oxygen atoms in total. The van der Waals surface area contributed by atoms with Gasteiger partial charge in [0.05, 0.1) is 15.6 Å². The first kappa shape index (κ1) is 71.1. The maximum atomic E-state index is 16.1. The first-order valence-electron chi connectivity index (χ1n) is 33.4. The van der Waals surface area contributed by atoms with Crippen LogP contribution in [0, 0.1) is 0 Å². The first-order valence-corrected chi connectivity index (χ1v) is 34.2. The number of aryl methyl sites for hydroxylation is 1. The van der Waals surface area contributed by atoms with Gasteiger partial charge in [0.25, 0.3) is 0 Å². The molecule has 8 aromatic carbocycles. The number of aliphatic hydroxyl groups is 1. The minimum absolute atomic E-state index is 0.0521. The van der Waals surface area contributed by atoms with Crippen LogP contribution in [-0.2, 0) is 59.5 Å².